The Labute approximate surface area is 112 Å². The van der Waals surface area contributed by atoms with E-state index in [0.717, 1.165) is 4.90 Å². The lowest BCUT2D eigenvalue weighted by atomic mass is 10.2. The summed E-state index contributed by atoms with van der Waals surface area (Å²) < 4.78 is 5.07. The molecule has 0 aliphatic heterocycles. The minimum Gasteiger partial charge on any atom is -0.480 e. The molecule has 0 aromatic rings. The fourth-order valence-corrected chi connectivity index (χ4v) is 1.20. The topological polar surface area (TPSA) is 95.9 Å². The smallest absolute Gasteiger partial charge is 0.410 e. The maximum atomic E-state index is 11.6. The molecule has 0 rings (SSSR count). The molecule has 2 N–H and O–H groups in total. The number of amides is 2. The number of aliphatic carboxylic acids is 1. The highest BCUT2D eigenvalue weighted by Gasteiger charge is 2.23. The van der Waals surface area contributed by atoms with Gasteiger partial charge in [0.1, 0.15) is 18.2 Å². The summed E-state index contributed by atoms with van der Waals surface area (Å²) >= 11 is 0. The Hall–Kier alpha value is -1.79. The highest BCUT2D eigenvalue weighted by molar-refractivity contribution is 5.86. The zero-order valence-electron chi connectivity index (χ0n) is 12.0. The molecular formula is C12H22N2O5. The van der Waals surface area contributed by atoms with Crippen molar-refractivity contribution in [2.24, 2.45) is 0 Å². The minimum atomic E-state index is -1.10. The summed E-state index contributed by atoms with van der Waals surface area (Å²) in [6.45, 7) is 6.55. The first kappa shape index (κ1) is 17.2. The Bertz CT molecular complexity index is 349. The number of carboxylic acid groups (broad SMARTS) is 1. The largest absolute Gasteiger partial charge is 0.480 e. The summed E-state index contributed by atoms with van der Waals surface area (Å²) in [6.07, 6.45) is -0.358. The molecule has 110 valence electrons. The number of carbonyl (C=O) groups excluding carboxylic acids is 2. The van der Waals surface area contributed by atoms with E-state index in [9.17, 15) is 14.4 Å². The predicted molar refractivity (Wildman–Crippen MR) is 68.7 cm³/mol. The number of nitrogens with zero attached hydrogens (tertiary/aromatic N) is 1. The van der Waals surface area contributed by atoms with E-state index in [1.807, 2.05) is 0 Å². The van der Waals surface area contributed by atoms with Crippen molar-refractivity contribution in [3.05, 3.63) is 0 Å². The molecule has 0 unspecified atom stereocenters. The van der Waals surface area contributed by atoms with Crippen molar-refractivity contribution in [3.8, 4) is 0 Å². The lowest BCUT2D eigenvalue weighted by Crippen LogP contribution is -2.46. The van der Waals surface area contributed by atoms with Gasteiger partial charge < -0.3 is 20.1 Å². The third kappa shape index (κ3) is 7.28. The van der Waals surface area contributed by atoms with Crippen molar-refractivity contribution in [2.75, 3.05) is 13.6 Å². The van der Waals surface area contributed by atoms with Crippen molar-refractivity contribution in [1.82, 2.24) is 10.2 Å². The molecule has 0 bridgehead atoms. The van der Waals surface area contributed by atoms with Crippen LogP contribution in [0.25, 0.3) is 0 Å². The lowest BCUT2D eigenvalue weighted by Gasteiger charge is -2.24. The van der Waals surface area contributed by atoms with Gasteiger partial charge in [-0.2, -0.15) is 0 Å². The van der Waals surface area contributed by atoms with Crippen molar-refractivity contribution < 1.29 is 24.2 Å². The van der Waals surface area contributed by atoms with E-state index in [-0.39, 0.29) is 13.0 Å². The van der Waals surface area contributed by atoms with Crippen molar-refractivity contribution in [1.29, 1.82) is 0 Å². The molecule has 7 heteroatoms. The Kier molecular flexibility index (Phi) is 6.31. The van der Waals surface area contributed by atoms with Crippen LogP contribution in [0.15, 0.2) is 0 Å². The highest BCUT2D eigenvalue weighted by atomic mass is 16.6. The number of hydrogen-bond donors (Lipinski definition) is 2. The van der Waals surface area contributed by atoms with E-state index in [4.69, 9.17) is 9.84 Å². The summed E-state index contributed by atoms with van der Waals surface area (Å²) in [5.41, 5.74) is -0.644. The molecule has 7 nitrogen and oxygen atoms in total. The van der Waals surface area contributed by atoms with Gasteiger partial charge in [-0.25, -0.2) is 9.59 Å². The second kappa shape index (κ2) is 6.96. The van der Waals surface area contributed by atoms with Crippen molar-refractivity contribution >= 4 is 18.0 Å². The van der Waals surface area contributed by atoms with Crippen LogP contribution in [0.5, 0.6) is 0 Å². The van der Waals surface area contributed by atoms with Crippen LogP contribution in [-0.4, -0.2) is 53.2 Å². The molecule has 0 heterocycles. The zero-order valence-corrected chi connectivity index (χ0v) is 12.0. The molecular weight excluding hydrogens is 252 g/mol. The van der Waals surface area contributed by atoms with Crippen LogP contribution in [0.2, 0.25) is 0 Å². The number of carbonyl (C=O) groups is 3. The Morgan fingerprint density at radius 1 is 1.32 bits per heavy atom. The summed E-state index contributed by atoms with van der Waals surface area (Å²) in [7, 11) is 1.41. The summed E-state index contributed by atoms with van der Waals surface area (Å²) in [5, 5.41) is 11.1. The van der Waals surface area contributed by atoms with Gasteiger partial charge in [0.05, 0.1) is 0 Å². The average Bonchev–Trinajstić information content (AvgIpc) is 2.22. The molecule has 0 saturated heterocycles. The van der Waals surface area contributed by atoms with E-state index < -0.39 is 29.6 Å². The van der Waals surface area contributed by atoms with Crippen LogP contribution < -0.4 is 5.32 Å². The number of carboxylic acids is 1. The zero-order chi connectivity index (χ0) is 15.2. The number of hydrogen-bond acceptors (Lipinski definition) is 4. The monoisotopic (exact) mass is 274 g/mol. The number of rotatable bonds is 5. The third-order valence-corrected chi connectivity index (χ3v) is 2.13. The number of likely N-dealkylation sites (N-methyl/N-ethyl adjacent to an activating group) is 1. The van der Waals surface area contributed by atoms with E-state index in [2.05, 4.69) is 5.32 Å². The van der Waals surface area contributed by atoms with Crippen LogP contribution in [-0.2, 0) is 14.3 Å². The number of nitrogens with one attached hydrogen (secondary N) is 1. The molecule has 2 amide bonds. The molecule has 0 aliphatic carbocycles. The SMILES string of the molecule is CC[C@H](NC(=O)CN(C)C(=O)OC(C)(C)C)C(=O)O. The molecule has 1 atom stereocenters. The molecule has 19 heavy (non-hydrogen) atoms. The second-order valence-corrected chi connectivity index (χ2v) is 5.20. The summed E-state index contributed by atoms with van der Waals surface area (Å²) in [5.74, 6) is -1.64. The van der Waals surface area contributed by atoms with Crippen LogP contribution in [0.3, 0.4) is 0 Å². The molecule has 0 radical (unpaired) electrons. The molecule has 0 aliphatic rings. The molecule has 0 fully saturated rings. The molecule has 0 saturated carbocycles. The first-order valence-corrected chi connectivity index (χ1v) is 6.03. The van der Waals surface area contributed by atoms with Crippen LogP contribution in [0.1, 0.15) is 34.1 Å². The van der Waals surface area contributed by atoms with Gasteiger partial charge >= 0.3 is 12.1 Å². The first-order chi connectivity index (χ1) is 8.56. The van der Waals surface area contributed by atoms with Gasteiger partial charge in [0, 0.05) is 7.05 Å². The van der Waals surface area contributed by atoms with Crippen molar-refractivity contribution in [3.63, 3.8) is 0 Å². The van der Waals surface area contributed by atoms with Gasteiger partial charge in [0.2, 0.25) is 5.91 Å². The van der Waals surface area contributed by atoms with Gasteiger partial charge in [-0.3, -0.25) is 4.79 Å². The standard InChI is InChI=1S/C12H22N2O5/c1-6-8(10(16)17)13-9(15)7-14(5)11(18)19-12(2,3)4/h8H,6-7H2,1-5H3,(H,13,15)(H,16,17)/t8-/m0/s1. The molecule has 0 spiro atoms. The fourth-order valence-electron chi connectivity index (χ4n) is 1.20. The van der Waals surface area contributed by atoms with E-state index in [1.54, 1.807) is 27.7 Å². The normalized spacial score (nSPS) is 12.5. The van der Waals surface area contributed by atoms with Crippen LogP contribution in [0.4, 0.5) is 4.79 Å². The van der Waals surface area contributed by atoms with Gasteiger partial charge in [-0.1, -0.05) is 6.92 Å². The maximum Gasteiger partial charge on any atom is 0.410 e. The van der Waals surface area contributed by atoms with Gasteiger partial charge in [0.15, 0.2) is 0 Å². The molecule has 0 aromatic carbocycles. The summed E-state index contributed by atoms with van der Waals surface area (Å²) in [6, 6.07) is -0.945. The molecule has 0 aromatic heterocycles. The Balaban J connectivity index is 4.33. The first-order valence-electron chi connectivity index (χ1n) is 6.03. The Morgan fingerprint density at radius 3 is 2.21 bits per heavy atom. The second-order valence-electron chi connectivity index (χ2n) is 5.20. The van der Waals surface area contributed by atoms with Crippen molar-refractivity contribution in [2.45, 2.75) is 45.8 Å². The highest BCUT2D eigenvalue weighted by Crippen LogP contribution is 2.08. The fraction of sp³-hybridized carbons (Fsp3) is 0.750. The van der Waals surface area contributed by atoms with E-state index >= 15 is 0 Å². The quantitative estimate of drug-likeness (QED) is 0.774. The maximum absolute atomic E-state index is 11.6. The predicted octanol–water partition coefficient (Wildman–Crippen LogP) is 0.833. The van der Waals surface area contributed by atoms with Gasteiger partial charge in [0.25, 0.3) is 0 Å². The third-order valence-electron chi connectivity index (χ3n) is 2.13. The lowest BCUT2D eigenvalue weighted by molar-refractivity contribution is -0.142. The van der Waals surface area contributed by atoms with Gasteiger partial charge in [-0.05, 0) is 27.2 Å². The van der Waals surface area contributed by atoms with Gasteiger partial charge in [-0.15, -0.1) is 0 Å². The Morgan fingerprint density at radius 2 is 1.84 bits per heavy atom. The average molecular weight is 274 g/mol. The van der Waals surface area contributed by atoms with Crippen LogP contribution >= 0.6 is 0 Å². The number of ether oxygens (including phenoxy) is 1. The minimum absolute atomic E-state index is 0.251. The van der Waals surface area contributed by atoms with E-state index in [1.165, 1.54) is 7.05 Å². The summed E-state index contributed by atoms with van der Waals surface area (Å²) in [4.78, 5) is 35.0. The van der Waals surface area contributed by atoms with Crippen LogP contribution in [0, 0.1) is 0 Å². The van der Waals surface area contributed by atoms with E-state index in [0.29, 0.717) is 0 Å².